The molecule has 5 aromatic rings. The third kappa shape index (κ3) is 2.99. The summed E-state index contributed by atoms with van der Waals surface area (Å²) in [6.07, 6.45) is 0. The maximum absolute atomic E-state index is 11.1. The average Bonchev–Trinajstić information content (AvgIpc) is 3.18. The third-order valence-corrected chi connectivity index (χ3v) is 5.03. The Hall–Kier alpha value is -4.04. The summed E-state index contributed by atoms with van der Waals surface area (Å²) in [5, 5.41) is 29.8. The molecule has 5 rings (SSSR count). The van der Waals surface area contributed by atoms with Gasteiger partial charge in [0, 0.05) is 34.2 Å². The number of hydrogen-bond acceptors (Lipinski definition) is 6. The number of halogens is 1. The maximum Gasteiger partial charge on any atom is 0.271 e. The van der Waals surface area contributed by atoms with Gasteiger partial charge in [0.2, 0.25) is 0 Å². The molecule has 0 aliphatic rings. The molecule has 9 heteroatoms. The smallest absolute Gasteiger partial charge is 0.271 e. The molecule has 30 heavy (non-hydrogen) atoms. The number of hydrogen-bond donors (Lipinski definition) is 1. The molecule has 0 amide bonds. The van der Waals surface area contributed by atoms with Crippen molar-refractivity contribution in [3.8, 4) is 11.4 Å². The molecular formula is C21H13ClN6O2. The van der Waals surface area contributed by atoms with Gasteiger partial charge < -0.3 is 5.32 Å². The van der Waals surface area contributed by atoms with E-state index >= 15 is 0 Å². The van der Waals surface area contributed by atoms with Gasteiger partial charge in [0.1, 0.15) is 0 Å². The summed E-state index contributed by atoms with van der Waals surface area (Å²) >= 11 is 6.36. The zero-order valence-corrected chi connectivity index (χ0v) is 16.1. The van der Waals surface area contributed by atoms with Crippen LogP contribution in [0.4, 0.5) is 17.2 Å². The van der Waals surface area contributed by atoms with E-state index in [9.17, 15) is 10.1 Å². The van der Waals surface area contributed by atoms with Crippen LogP contribution in [-0.2, 0) is 0 Å². The van der Waals surface area contributed by atoms with Gasteiger partial charge >= 0.3 is 0 Å². The maximum atomic E-state index is 11.1. The van der Waals surface area contributed by atoms with Gasteiger partial charge in [-0.1, -0.05) is 54.1 Å². The molecule has 0 aliphatic heterocycles. The predicted octanol–water partition coefficient (Wildman–Crippen LogP) is 5.25. The van der Waals surface area contributed by atoms with Crippen molar-refractivity contribution in [2.75, 3.05) is 5.32 Å². The topological polar surface area (TPSA) is 98.2 Å². The molecule has 2 heterocycles. The number of non-ortho nitro benzene ring substituents is 1. The quantitative estimate of drug-likeness (QED) is 0.317. The molecule has 8 nitrogen and oxygen atoms in total. The van der Waals surface area contributed by atoms with Crippen molar-refractivity contribution in [2.24, 2.45) is 0 Å². The Bertz CT molecular complexity index is 1430. The summed E-state index contributed by atoms with van der Waals surface area (Å²) < 4.78 is 1.63. The van der Waals surface area contributed by atoms with Gasteiger partial charge in [0.05, 0.1) is 9.95 Å². The Morgan fingerprint density at radius 2 is 1.70 bits per heavy atom. The summed E-state index contributed by atoms with van der Waals surface area (Å²) in [5.41, 5.74) is 1.83. The minimum atomic E-state index is -0.435. The highest BCUT2D eigenvalue weighted by atomic mass is 35.5. The lowest BCUT2D eigenvalue weighted by molar-refractivity contribution is -0.384. The second-order valence-corrected chi connectivity index (χ2v) is 6.97. The van der Waals surface area contributed by atoms with Gasteiger partial charge in [0.25, 0.3) is 5.69 Å². The minimum absolute atomic E-state index is 0.00793. The molecule has 0 atom stereocenters. The zero-order chi connectivity index (χ0) is 20.7. The first-order valence-corrected chi connectivity index (χ1v) is 9.40. The van der Waals surface area contributed by atoms with E-state index in [1.807, 2.05) is 42.5 Å². The minimum Gasteiger partial charge on any atom is -0.338 e. The summed E-state index contributed by atoms with van der Waals surface area (Å²) in [5.74, 6) is 1.02. The van der Waals surface area contributed by atoms with E-state index in [0.29, 0.717) is 33.6 Å². The van der Waals surface area contributed by atoms with E-state index in [1.165, 1.54) is 12.1 Å². The monoisotopic (exact) mass is 416 g/mol. The van der Waals surface area contributed by atoms with E-state index in [0.717, 1.165) is 10.8 Å². The van der Waals surface area contributed by atoms with Gasteiger partial charge in [-0.05, 0) is 18.2 Å². The van der Waals surface area contributed by atoms with Crippen LogP contribution in [0.2, 0.25) is 5.02 Å². The Labute approximate surface area is 174 Å². The van der Waals surface area contributed by atoms with Crippen molar-refractivity contribution < 1.29 is 4.92 Å². The molecule has 3 aromatic carbocycles. The van der Waals surface area contributed by atoms with Crippen LogP contribution >= 0.6 is 11.6 Å². The molecule has 0 radical (unpaired) electrons. The second kappa shape index (κ2) is 7.09. The SMILES string of the molecule is O=[N+]([O-])c1cccc(Nc2nn3c(-c4ccccc4Cl)nnc3c3ccccc23)c1. The Morgan fingerprint density at radius 1 is 0.933 bits per heavy atom. The van der Waals surface area contributed by atoms with Crippen molar-refractivity contribution in [1.29, 1.82) is 0 Å². The van der Waals surface area contributed by atoms with Gasteiger partial charge in [-0.25, -0.2) is 0 Å². The molecular weight excluding hydrogens is 404 g/mol. The largest absolute Gasteiger partial charge is 0.338 e. The molecule has 0 aliphatic carbocycles. The van der Waals surface area contributed by atoms with Crippen LogP contribution < -0.4 is 5.32 Å². The first-order chi connectivity index (χ1) is 14.6. The number of rotatable bonds is 4. The molecule has 2 aromatic heterocycles. The van der Waals surface area contributed by atoms with Crippen LogP contribution in [0.25, 0.3) is 27.8 Å². The van der Waals surface area contributed by atoms with Gasteiger partial charge in [-0.15, -0.1) is 15.3 Å². The fraction of sp³-hybridized carbons (Fsp3) is 0. The van der Waals surface area contributed by atoms with E-state index in [2.05, 4.69) is 15.5 Å². The number of nitrogens with one attached hydrogen (secondary N) is 1. The normalized spacial score (nSPS) is 11.1. The number of nitro groups is 1. The average molecular weight is 417 g/mol. The van der Waals surface area contributed by atoms with Crippen LogP contribution in [-0.4, -0.2) is 24.7 Å². The number of anilines is 2. The Kier molecular flexibility index (Phi) is 4.26. The third-order valence-electron chi connectivity index (χ3n) is 4.70. The van der Waals surface area contributed by atoms with E-state index in [1.54, 1.807) is 22.7 Å². The molecule has 0 saturated carbocycles. The Balaban J connectivity index is 1.73. The van der Waals surface area contributed by atoms with Gasteiger partial charge in [-0.2, -0.15) is 4.52 Å². The van der Waals surface area contributed by atoms with Crippen LogP contribution in [0.1, 0.15) is 0 Å². The highest BCUT2D eigenvalue weighted by Gasteiger charge is 2.17. The van der Waals surface area contributed by atoms with Gasteiger partial charge in [-0.3, -0.25) is 10.1 Å². The molecule has 146 valence electrons. The van der Waals surface area contributed by atoms with Crippen molar-refractivity contribution in [1.82, 2.24) is 19.8 Å². The number of aromatic nitrogens is 4. The number of nitro benzene ring substituents is 1. The van der Waals surface area contributed by atoms with Crippen molar-refractivity contribution in [3.05, 3.63) is 87.9 Å². The summed E-state index contributed by atoms with van der Waals surface area (Å²) in [6.45, 7) is 0. The van der Waals surface area contributed by atoms with Crippen LogP contribution in [0.15, 0.2) is 72.8 Å². The predicted molar refractivity (Wildman–Crippen MR) is 115 cm³/mol. The van der Waals surface area contributed by atoms with Crippen LogP contribution in [0, 0.1) is 10.1 Å². The van der Waals surface area contributed by atoms with Crippen LogP contribution in [0.3, 0.4) is 0 Å². The first-order valence-electron chi connectivity index (χ1n) is 9.02. The summed E-state index contributed by atoms with van der Waals surface area (Å²) in [6, 6.07) is 21.2. The molecule has 0 spiro atoms. The van der Waals surface area contributed by atoms with Gasteiger partial charge in [0.15, 0.2) is 17.3 Å². The number of nitrogens with zero attached hydrogens (tertiary/aromatic N) is 5. The fourth-order valence-electron chi connectivity index (χ4n) is 3.32. The highest BCUT2D eigenvalue weighted by molar-refractivity contribution is 6.33. The van der Waals surface area contributed by atoms with Crippen molar-refractivity contribution in [3.63, 3.8) is 0 Å². The lowest BCUT2D eigenvalue weighted by Gasteiger charge is -2.11. The lowest BCUT2D eigenvalue weighted by Crippen LogP contribution is -2.03. The van der Waals surface area contributed by atoms with E-state index < -0.39 is 4.92 Å². The first kappa shape index (κ1) is 18.0. The molecule has 0 fully saturated rings. The van der Waals surface area contributed by atoms with Crippen molar-refractivity contribution in [2.45, 2.75) is 0 Å². The second-order valence-electron chi connectivity index (χ2n) is 6.57. The Morgan fingerprint density at radius 3 is 2.50 bits per heavy atom. The molecule has 0 bridgehead atoms. The number of fused-ring (bicyclic) bond motifs is 3. The molecule has 0 saturated heterocycles. The lowest BCUT2D eigenvalue weighted by atomic mass is 10.1. The van der Waals surface area contributed by atoms with E-state index in [-0.39, 0.29) is 5.69 Å². The molecule has 1 N–H and O–H groups in total. The van der Waals surface area contributed by atoms with E-state index in [4.69, 9.17) is 16.7 Å². The van der Waals surface area contributed by atoms with Crippen LogP contribution in [0.5, 0.6) is 0 Å². The summed E-state index contributed by atoms with van der Waals surface area (Å²) in [7, 11) is 0. The highest BCUT2D eigenvalue weighted by Crippen LogP contribution is 2.31. The fourth-order valence-corrected chi connectivity index (χ4v) is 3.54. The van der Waals surface area contributed by atoms with Crippen molar-refractivity contribution >= 4 is 45.2 Å². The number of benzene rings is 3. The molecule has 0 unspecified atom stereocenters. The standard InChI is InChI=1S/C21H13ClN6O2/c22-18-11-4-3-10-17(18)21-25-24-20-16-9-2-1-8-15(16)19(26-27(20)21)23-13-6-5-7-14(12-13)28(29)30/h1-12H,(H,23,26). The zero-order valence-electron chi connectivity index (χ0n) is 15.4. The summed E-state index contributed by atoms with van der Waals surface area (Å²) in [4.78, 5) is 10.7.